The number of hydrogen-bond donors (Lipinski definition) is 1. The molecule has 1 unspecified atom stereocenters. The number of ether oxygens (including phenoxy) is 1. The maximum absolute atomic E-state index is 14.6. The Bertz CT molecular complexity index is 848. The molecule has 2 heterocycles. The van der Waals surface area contributed by atoms with Crippen molar-refractivity contribution >= 4 is 11.6 Å². The van der Waals surface area contributed by atoms with Gasteiger partial charge in [-0.05, 0) is 38.5 Å². The number of benzene rings is 1. The number of morpholine rings is 1. The summed E-state index contributed by atoms with van der Waals surface area (Å²) in [5, 5.41) is 7.61. The highest BCUT2D eigenvalue weighted by Crippen LogP contribution is 2.23. The number of halogens is 1. The normalized spacial score (nSPS) is 17.3. The molecule has 1 aliphatic heterocycles. The van der Waals surface area contributed by atoms with Crippen LogP contribution in [0.2, 0.25) is 0 Å². The van der Waals surface area contributed by atoms with Crippen molar-refractivity contribution in [3.8, 4) is 0 Å². The number of aromatic nitrogens is 2. The summed E-state index contributed by atoms with van der Waals surface area (Å²) < 4.78 is 22.3. The smallest absolute Gasteiger partial charge is 0.194 e. The van der Waals surface area contributed by atoms with E-state index in [9.17, 15) is 4.39 Å². The van der Waals surface area contributed by atoms with Gasteiger partial charge in [0.25, 0.3) is 0 Å². The lowest BCUT2D eigenvalue weighted by Crippen LogP contribution is -2.48. The van der Waals surface area contributed by atoms with Crippen LogP contribution in [0.4, 0.5) is 10.1 Å². The summed E-state index contributed by atoms with van der Waals surface area (Å²) in [4.78, 5) is 8.98. The second kappa shape index (κ2) is 10.4. The van der Waals surface area contributed by atoms with Gasteiger partial charge in [0, 0.05) is 45.0 Å². The molecule has 0 spiro atoms. The predicted octanol–water partition coefficient (Wildman–Crippen LogP) is 2.94. The third kappa shape index (κ3) is 5.30. The van der Waals surface area contributed by atoms with Gasteiger partial charge in [0.2, 0.25) is 0 Å². The third-order valence-corrected chi connectivity index (χ3v) is 5.33. The molecule has 1 aromatic carbocycles. The molecule has 2 aromatic rings. The van der Waals surface area contributed by atoms with Crippen LogP contribution in [-0.2, 0) is 18.3 Å². The van der Waals surface area contributed by atoms with Crippen molar-refractivity contribution in [2.24, 2.45) is 12.0 Å². The fourth-order valence-electron chi connectivity index (χ4n) is 3.71. The number of aliphatic imine (C=N–C) groups is 1. The van der Waals surface area contributed by atoms with Gasteiger partial charge in [-0.3, -0.25) is 4.68 Å². The molecule has 1 aromatic heterocycles. The van der Waals surface area contributed by atoms with Gasteiger partial charge >= 0.3 is 0 Å². The van der Waals surface area contributed by atoms with Crippen LogP contribution in [0.3, 0.4) is 0 Å². The van der Waals surface area contributed by atoms with Gasteiger partial charge in [-0.2, -0.15) is 5.10 Å². The van der Waals surface area contributed by atoms with E-state index in [0.717, 1.165) is 43.3 Å². The molecular weight excluding hydrogens is 383 g/mol. The Morgan fingerprint density at radius 2 is 2.13 bits per heavy atom. The Labute approximate surface area is 178 Å². The Balaban J connectivity index is 1.72. The molecule has 164 valence electrons. The van der Waals surface area contributed by atoms with Gasteiger partial charge < -0.3 is 19.9 Å². The average molecular weight is 417 g/mol. The number of nitrogens with one attached hydrogen (secondary N) is 1. The second-order valence-electron chi connectivity index (χ2n) is 7.38. The number of hydrogen-bond acceptors (Lipinski definition) is 4. The maximum atomic E-state index is 14.6. The minimum atomic E-state index is -0.195. The van der Waals surface area contributed by atoms with Crippen LogP contribution < -0.4 is 10.2 Å². The molecule has 1 fully saturated rings. The zero-order valence-electron chi connectivity index (χ0n) is 18.4. The molecule has 30 heavy (non-hydrogen) atoms. The summed E-state index contributed by atoms with van der Waals surface area (Å²) in [5.41, 5.74) is 2.56. The number of aryl methyl sites for hydroxylation is 1. The van der Waals surface area contributed by atoms with Crippen molar-refractivity contribution in [2.75, 3.05) is 44.2 Å². The van der Waals surface area contributed by atoms with Crippen LogP contribution in [0.25, 0.3) is 0 Å². The van der Waals surface area contributed by atoms with Crippen molar-refractivity contribution < 1.29 is 9.13 Å². The first-order chi connectivity index (χ1) is 14.5. The zero-order valence-corrected chi connectivity index (χ0v) is 18.4. The summed E-state index contributed by atoms with van der Waals surface area (Å²) in [6.07, 6.45) is 3.79. The van der Waals surface area contributed by atoms with Gasteiger partial charge in [0.15, 0.2) is 5.96 Å². The summed E-state index contributed by atoms with van der Waals surface area (Å²) in [5.74, 6) is 0.627. The first kappa shape index (κ1) is 22.1. The molecule has 0 aliphatic carbocycles. The van der Waals surface area contributed by atoms with Gasteiger partial charge in [-0.25, -0.2) is 9.38 Å². The lowest BCUT2D eigenvalue weighted by Gasteiger charge is -2.34. The molecule has 0 saturated carbocycles. The van der Waals surface area contributed by atoms with E-state index in [1.165, 1.54) is 0 Å². The van der Waals surface area contributed by atoms with Crippen molar-refractivity contribution in [3.05, 3.63) is 47.5 Å². The number of rotatable bonds is 7. The SMILES string of the molecule is CCNC(=NCc1ccc(N(CC)CC)c(F)c1)N1CCOC(c2cnn(C)c2)C1. The zero-order chi connectivity index (χ0) is 21.5. The molecule has 1 atom stereocenters. The summed E-state index contributed by atoms with van der Waals surface area (Å²) in [6.45, 7) is 11.0. The van der Waals surface area contributed by atoms with Crippen molar-refractivity contribution in [1.29, 1.82) is 0 Å². The van der Waals surface area contributed by atoms with Crippen LogP contribution in [0, 0.1) is 5.82 Å². The molecule has 7 nitrogen and oxygen atoms in total. The number of guanidine groups is 1. The van der Waals surface area contributed by atoms with Gasteiger partial charge in [-0.1, -0.05) is 6.07 Å². The minimum absolute atomic E-state index is 0.0397. The molecule has 8 heteroatoms. The monoisotopic (exact) mass is 416 g/mol. The largest absolute Gasteiger partial charge is 0.370 e. The topological polar surface area (TPSA) is 57.9 Å². The fraction of sp³-hybridized carbons (Fsp3) is 0.545. The van der Waals surface area contributed by atoms with Gasteiger partial charge in [0.05, 0.1) is 31.6 Å². The van der Waals surface area contributed by atoms with E-state index >= 15 is 0 Å². The van der Waals surface area contributed by atoms with E-state index in [1.54, 1.807) is 10.7 Å². The predicted molar refractivity (Wildman–Crippen MR) is 118 cm³/mol. The number of nitrogens with zero attached hydrogens (tertiary/aromatic N) is 5. The van der Waals surface area contributed by atoms with Crippen molar-refractivity contribution in [3.63, 3.8) is 0 Å². The van der Waals surface area contributed by atoms with E-state index < -0.39 is 0 Å². The lowest BCUT2D eigenvalue weighted by atomic mass is 10.1. The summed E-state index contributed by atoms with van der Waals surface area (Å²) in [7, 11) is 1.90. The Morgan fingerprint density at radius 1 is 1.33 bits per heavy atom. The quantitative estimate of drug-likeness (QED) is 0.556. The van der Waals surface area contributed by atoms with Crippen LogP contribution in [-0.4, -0.2) is 60.0 Å². The van der Waals surface area contributed by atoms with Crippen LogP contribution >= 0.6 is 0 Å². The maximum Gasteiger partial charge on any atom is 0.194 e. The van der Waals surface area contributed by atoms with E-state index in [2.05, 4.69) is 15.3 Å². The average Bonchev–Trinajstić information content (AvgIpc) is 3.20. The highest BCUT2D eigenvalue weighted by molar-refractivity contribution is 5.80. The molecular formula is C22H33FN6O. The standard InChI is InChI=1S/C22H33FN6O/c1-5-24-22(29-10-11-30-21(16-29)18-14-26-27(4)15-18)25-13-17-8-9-20(19(23)12-17)28(6-2)7-3/h8-9,12,14-15,21H,5-7,10-11,13,16H2,1-4H3,(H,24,25). The molecule has 0 radical (unpaired) electrons. The molecule has 3 rings (SSSR count). The highest BCUT2D eigenvalue weighted by Gasteiger charge is 2.25. The fourth-order valence-corrected chi connectivity index (χ4v) is 3.71. The van der Waals surface area contributed by atoms with E-state index in [1.807, 2.05) is 57.2 Å². The van der Waals surface area contributed by atoms with Gasteiger partial charge in [0.1, 0.15) is 11.9 Å². The molecule has 0 amide bonds. The van der Waals surface area contributed by atoms with Crippen molar-refractivity contribution in [2.45, 2.75) is 33.4 Å². The summed E-state index contributed by atoms with van der Waals surface area (Å²) >= 11 is 0. The first-order valence-corrected chi connectivity index (χ1v) is 10.7. The Kier molecular flexibility index (Phi) is 7.68. The van der Waals surface area contributed by atoms with E-state index in [0.29, 0.717) is 25.4 Å². The lowest BCUT2D eigenvalue weighted by molar-refractivity contribution is -0.00805. The first-order valence-electron chi connectivity index (χ1n) is 10.7. The molecule has 1 N–H and O–H groups in total. The second-order valence-corrected chi connectivity index (χ2v) is 7.38. The van der Waals surface area contributed by atoms with Crippen LogP contribution in [0.1, 0.15) is 38.0 Å². The van der Waals surface area contributed by atoms with Crippen molar-refractivity contribution in [1.82, 2.24) is 20.0 Å². The summed E-state index contributed by atoms with van der Waals surface area (Å²) in [6, 6.07) is 5.41. The Morgan fingerprint density at radius 3 is 2.77 bits per heavy atom. The number of anilines is 1. The van der Waals surface area contributed by atoms with E-state index in [-0.39, 0.29) is 11.9 Å². The van der Waals surface area contributed by atoms with Gasteiger partial charge in [-0.15, -0.1) is 0 Å². The van der Waals surface area contributed by atoms with Crippen LogP contribution in [0.15, 0.2) is 35.6 Å². The third-order valence-electron chi connectivity index (χ3n) is 5.33. The minimum Gasteiger partial charge on any atom is -0.370 e. The molecule has 1 saturated heterocycles. The highest BCUT2D eigenvalue weighted by atomic mass is 19.1. The van der Waals surface area contributed by atoms with E-state index in [4.69, 9.17) is 9.73 Å². The molecule has 0 bridgehead atoms. The van der Waals surface area contributed by atoms with Crippen LogP contribution in [0.5, 0.6) is 0 Å². The Hall–Kier alpha value is -2.61. The molecule has 1 aliphatic rings.